The van der Waals surface area contributed by atoms with Crippen LogP contribution in [0.5, 0.6) is 0 Å². The highest BCUT2D eigenvalue weighted by Gasteiger charge is 2.06. The van der Waals surface area contributed by atoms with Crippen molar-refractivity contribution < 1.29 is 10.2 Å². The van der Waals surface area contributed by atoms with Crippen LogP contribution in [0.15, 0.2) is 0 Å². The molecule has 0 rings (SSSR count). The molecule has 2 nitrogen and oxygen atoms in total. The van der Waals surface area contributed by atoms with Gasteiger partial charge in [0, 0.05) is 0 Å². The highest BCUT2D eigenvalue weighted by atomic mass is 16.3. The van der Waals surface area contributed by atoms with Crippen molar-refractivity contribution in [2.24, 2.45) is 0 Å². The van der Waals surface area contributed by atoms with Crippen LogP contribution in [0.4, 0.5) is 0 Å². The first-order valence-electron chi connectivity index (χ1n) is 5.03. The third kappa shape index (κ3) is 8.02. The summed E-state index contributed by atoms with van der Waals surface area (Å²) in [6.45, 7) is 3.89. The molecule has 0 unspecified atom stereocenters. The Morgan fingerprint density at radius 1 is 1.08 bits per heavy atom. The minimum atomic E-state index is -0.369. The van der Waals surface area contributed by atoms with Gasteiger partial charge in [0.1, 0.15) is 0 Å². The van der Waals surface area contributed by atoms with E-state index in [0.717, 1.165) is 12.8 Å². The molecule has 0 aliphatic heterocycles. The number of rotatable bonds is 7. The molecule has 12 heavy (non-hydrogen) atoms. The maximum absolute atomic E-state index is 9.36. The smallest absolute Gasteiger partial charge is 0.0564 e. The lowest BCUT2D eigenvalue weighted by Gasteiger charge is -2.11. The average Bonchev–Trinajstić information content (AvgIpc) is 1.97. The van der Waals surface area contributed by atoms with Crippen LogP contribution in [0.1, 0.15) is 52.4 Å². The van der Waals surface area contributed by atoms with Gasteiger partial charge in [0.05, 0.1) is 12.2 Å². The van der Waals surface area contributed by atoms with Gasteiger partial charge in [0.15, 0.2) is 0 Å². The molecular weight excluding hydrogens is 152 g/mol. The Kier molecular flexibility index (Phi) is 7.51. The molecular formula is C10H22O2. The van der Waals surface area contributed by atoms with Crippen molar-refractivity contribution in [1.29, 1.82) is 0 Å². The molecule has 74 valence electrons. The Bertz CT molecular complexity index is 91.8. The maximum atomic E-state index is 9.36. The maximum Gasteiger partial charge on any atom is 0.0564 e. The Morgan fingerprint density at radius 2 is 1.75 bits per heavy atom. The standard InChI is InChI=1S/C10H22O2/c1-3-4-5-6-7-10(12)8-9(2)11/h9-12H,3-8H2,1-2H3/t9-,10-/m0/s1. The van der Waals surface area contributed by atoms with Crippen molar-refractivity contribution in [1.82, 2.24) is 0 Å². The molecule has 2 atom stereocenters. The fraction of sp³-hybridized carbons (Fsp3) is 1.00. The zero-order valence-corrected chi connectivity index (χ0v) is 8.29. The second kappa shape index (κ2) is 7.56. The first kappa shape index (κ1) is 11.9. The van der Waals surface area contributed by atoms with Crippen LogP contribution in [0, 0.1) is 0 Å². The molecule has 2 heteroatoms. The van der Waals surface area contributed by atoms with E-state index in [0.29, 0.717) is 6.42 Å². The minimum Gasteiger partial charge on any atom is -0.393 e. The Hall–Kier alpha value is -0.0800. The summed E-state index contributed by atoms with van der Waals surface area (Å²) in [6.07, 6.45) is 5.45. The van der Waals surface area contributed by atoms with Crippen molar-refractivity contribution in [2.75, 3.05) is 0 Å². The molecule has 0 aromatic rings. The summed E-state index contributed by atoms with van der Waals surface area (Å²) in [5, 5.41) is 18.3. The molecule has 0 fully saturated rings. The van der Waals surface area contributed by atoms with Crippen molar-refractivity contribution in [2.45, 2.75) is 64.6 Å². The second-order valence-electron chi connectivity index (χ2n) is 3.59. The summed E-state index contributed by atoms with van der Waals surface area (Å²) >= 11 is 0. The number of aliphatic hydroxyl groups is 2. The van der Waals surface area contributed by atoms with E-state index in [1.807, 2.05) is 0 Å². The predicted molar refractivity (Wildman–Crippen MR) is 51.1 cm³/mol. The van der Waals surface area contributed by atoms with Crippen molar-refractivity contribution in [3.05, 3.63) is 0 Å². The molecule has 2 N–H and O–H groups in total. The van der Waals surface area contributed by atoms with Gasteiger partial charge < -0.3 is 10.2 Å². The van der Waals surface area contributed by atoms with Crippen LogP contribution in [-0.4, -0.2) is 22.4 Å². The Labute approximate surface area is 75.6 Å². The van der Waals surface area contributed by atoms with Crippen molar-refractivity contribution >= 4 is 0 Å². The summed E-state index contributed by atoms with van der Waals surface area (Å²) in [7, 11) is 0. The van der Waals surface area contributed by atoms with Crippen molar-refractivity contribution in [3.63, 3.8) is 0 Å². The SMILES string of the molecule is CCCCCC[C@H](O)C[C@H](C)O. The van der Waals surface area contributed by atoms with E-state index in [2.05, 4.69) is 6.92 Å². The minimum absolute atomic E-state index is 0.304. The highest BCUT2D eigenvalue weighted by molar-refractivity contribution is 4.59. The third-order valence-electron chi connectivity index (χ3n) is 2.00. The summed E-state index contributed by atoms with van der Waals surface area (Å²) in [4.78, 5) is 0. The van der Waals surface area contributed by atoms with Gasteiger partial charge in [-0.3, -0.25) is 0 Å². The lowest BCUT2D eigenvalue weighted by molar-refractivity contribution is 0.0834. The van der Waals surface area contributed by atoms with E-state index in [1.54, 1.807) is 6.92 Å². The van der Waals surface area contributed by atoms with Gasteiger partial charge in [-0.15, -0.1) is 0 Å². The fourth-order valence-electron chi connectivity index (χ4n) is 1.32. The molecule has 0 saturated heterocycles. The molecule has 0 bridgehead atoms. The van der Waals surface area contributed by atoms with Crippen LogP contribution in [0.2, 0.25) is 0 Å². The van der Waals surface area contributed by atoms with Crippen molar-refractivity contribution in [3.8, 4) is 0 Å². The Balaban J connectivity index is 3.14. The van der Waals surface area contributed by atoms with E-state index in [-0.39, 0.29) is 12.2 Å². The van der Waals surface area contributed by atoms with Crippen LogP contribution in [-0.2, 0) is 0 Å². The van der Waals surface area contributed by atoms with Gasteiger partial charge >= 0.3 is 0 Å². The first-order valence-corrected chi connectivity index (χ1v) is 5.03. The van der Waals surface area contributed by atoms with E-state index >= 15 is 0 Å². The quantitative estimate of drug-likeness (QED) is 0.580. The molecule has 0 radical (unpaired) electrons. The van der Waals surface area contributed by atoms with Gasteiger partial charge in [0.25, 0.3) is 0 Å². The molecule has 0 aromatic carbocycles. The summed E-state index contributed by atoms with van der Waals surface area (Å²) in [5.41, 5.74) is 0. The number of aliphatic hydroxyl groups excluding tert-OH is 2. The molecule has 0 saturated carbocycles. The van der Waals surface area contributed by atoms with E-state index < -0.39 is 0 Å². The lowest BCUT2D eigenvalue weighted by Crippen LogP contribution is -2.14. The summed E-state index contributed by atoms with van der Waals surface area (Å²) < 4.78 is 0. The second-order valence-corrected chi connectivity index (χ2v) is 3.59. The van der Waals surface area contributed by atoms with Gasteiger partial charge in [-0.05, 0) is 19.8 Å². The van der Waals surface area contributed by atoms with Crippen LogP contribution < -0.4 is 0 Å². The molecule has 0 heterocycles. The number of unbranched alkanes of at least 4 members (excludes halogenated alkanes) is 3. The molecule has 0 spiro atoms. The zero-order valence-electron chi connectivity index (χ0n) is 8.29. The topological polar surface area (TPSA) is 40.5 Å². The summed E-state index contributed by atoms with van der Waals surface area (Å²) in [5.74, 6) is 0. The van der Waals surface area contributed by atoms with Gasteiger partial charge in [-0.2, -0.15) is 0 Å². The zero-order chi connectivity index (χ0) is 9.40. The number of hydrogen-bond donors (Lipinski definition) is 2. The Morgan fingerprint density at radius 3 is 2.25 bits per heavy atom. The molecule has 0 aromatic heterocycles. The van der Waals surface area contributed by atoms with Crippen LogP contribution in [0.25, 0.3) is 0 Å². The highest BCUT2D eigenvalue weighted by Crippen LogP contribution is 2.09. The first-order chi connectivity index (χ1) is 5.66. The van der Waals surface area contributed by atoms with Gasteiger partial charge in [-0.25, -0.2) is 0 Å². The normalized spacial score (nSPS) is 16.0. The van der Waals surface area contributed by atoms with E-state index in [4.69, 9.17) is 5.11 Å². The predicted octanol–water partition coefficient (Wildman–Crippen LogP) is 2.09. The molecule has 0 aliphatic rings. The molecule has 0 amide bonds. The summed E-state index contributed by atoms with van der Waals surface area (Å²) in [6, 6.07) is 0. The average molecular weight is 174 g/mol. The number of hydrogen-bond acceptors (Lipinski definition) is 2. The van der Waals surface area contributed by atoms with Gasteiger partial charge in [0.2, 0.25) is 0 Å². The van der Waals surface area contributed by atoms with Gasteiger partial charge in [-0.1, -0.05) is 32.6 Å². The lowest BCUT2D eigenvalue weighted by atomic mass is 10.1. The van der Waals surface area contributed by atoms with E-state index in [9.17, 15) is 5.11 Å². The third-order valence-corrected chi connectivity index (χ3v) is 2.00. The van der Waals surface area contributed by atoms with Crippen LogP contribution in [0.3, 0.4) is 0 Å². The fourth-order valence-corrected chi connectivity index (χ4v) is 1.32. The molecule has 0 aliphatic carbocycles. The monoisotopic (exact) mass is 174 g/mol. The largest absolute Gasteiger partial charge is 0.393 e. The van der Waals surface area contributed by atoms with E-state index in [1.165, 1.54) is 19.3 Å². The van der Waals surface area contributed by atoms with Crippen LogP contribution >= 0.6 is 0 Å².